The molecule has 1 aliphatic rings. The summed E-state index contributed by atoms with van der Waals surface area (Å²) < 4.78 is 0. The first kappa shape index (κ1) is 11.5. The summed E-state index contributed by atoms with van der Waals surface area (Å²) in [7, 11) is 0. The molecular weight excluding hydrogens is 200 g/mol. The fourth-order valence-electron chi connectivity index (χ4n) is 2.21. The maximum Gasteiger partial charge on any atom is 0.127 e. The van der Waals surface area contributed by atoms with Crippen molar-refractivity contribution in [3.63, 3.8) is 0 Å². The summed E-state index contributed by atoms with van der Waals surface area (Å²) in [5.74, 6) is 0. The highest BCUT2D eigenvalue weighted by atomic mass is 15.2. The van der Waals surface area contributed by atoms with Gasteiger partial charge in [-0.1, -0.05) is 6.07 Å². The molecule has 4 heteroatoms. The number of rotatable bonds is 5. The zero-order valence-electron chi connectivity index (χ0n) is 9.86. The molecule has 0 spiro atoms. The van der Waals surface area contributed by atoms with Gasteiger partial charge in [-0.3, -0.25) is 4.98 Å². The monoisotopic (exact) mass is 223 g/mol. The van der Waals surface area contributed by atoms with E-state index in [4.69, 9.17) is 0 Å². The van der Waals surface area contributed by atoms with E-state index in [1.165, 1.54) is 45.0 Å². The molecule has 1 fully saturated rings. The van der Waals surface area contributed by atoms with Gasteiger partial charge in [-0.25, -0.2) is 0 Å². The van der Waals surface area contributed by atoms with Gasteiger partial charge in [0, 0.05) is 6.20 Å². The van der Waals surface area contributed by atoms with E-state index in [9.17, 15) is 0 Å². The number of quaternary nitrogens is 3. The minimum atomic E-state index is 1.01. The van der Waals surface area contributed by atoms with Crippen LogP contribution in [-0.2, 0) is 6.54 Å². The average Bonchev–Trinajstić information content (AvgIpc) is 2.37. The van der Waals surface area contributed by atoms with Crippen LogP contribution in [0.1, 0.15) is 5.69 Å². The Balaban J connectivity index is 1.58. The number of nitrogens with one attached hydrogen (secondary N) is 1. The Morgan fingerprint density at radius 3 is 2.94 bits per heavy atom. The molecule has 2 heterocycles. The van der Waals surface area contributed by atoms with Gasteiger partial charge in [0.05, 0.1) is 5.69 Å². The lowest BCUT2D eigenvalue weighted by molar-refractivity contribution is -0.955. The standard InChI is InChI=1S/C12H20N4/c1-2-4-15-12(3-1)11-14-7-10-16-8-5-13-6-9-16/h1-4,13-14H,5-11H2/p+3. The van der Waals surface area contributed by atoms with Crippen molar-refractivity contribution in [2.75, 3.05) is 39.3 Å². The Morgan fingerprint density at radius 1 is 1.31 bits per heavy atom. The molecule has 1 aromatic heterocycles. The summed E-state index contributed by atoms with van der Waals surface area (Å²) in [5, 5.41) is 4.79. The van der Waals surface area contributed by atoms with Crippen LogP contribution in [0.2, 0.25) is 0 Å². The smallest absolute Gasteiger partial charge is 0.127 e. The van der Waals surface area contributed by atoms with Gasteiger partial charge in [-0.15, -0.1) is 0 Å². The van der Waals surface area contributed by atoms with Crippen LogP contribution >= 0.6 is 0 Å². The van der Waals surface area contributed by atoms with Gasteiger partial charge in [-0.05, 0) is 12.1 Å². The van der Waals surface area contributed by atoms with Crippen LogP contribution in [-0.4, -0.2) is 44.3 Å². The third-order valence-corrected chi connectivity index (χ3v) is 3.19. The topological polar surface area (TPSA) is 50.5 Å². The molecule has 1 saturated heterocycles. The largest absolute Gasteiger partial charge is 0.337 e. The SMILES string of the molecule is c1ccc(C[NH2+]CC[NH+]2CC[NH2+]CC2)nc1. The zero-order chi connectivity index (χ0) is 11.1. The van der Waals surface area contributed by atoms with Crippen LogP contribution in [0.15, 0.2) is 24.4 Å². The van der Waals surface area contributed by atoms with Crippen molar-refractivity contribution < 1.29 is 15.5 Å². The van der Waals surface area contributed by atoms with Gasteiger partial charge in [0.25, 0.3) is 0 Å². The lowest BCUT2D eigenvalue weighted by atomic mass is 10.3. The Bertz CT molecular complexity index is 282. The molecule has 88 valence electrons. The average molecular weight is 223 g/mol. The summed E-state index contributed by atoms with van der Waals surface area (Å²) in [6.07, 6.45) is 1.87. The van der Waals surface area contributed by atoms with E-state index in [0.29, 0.717) is 0 Å². The third-order valence-electron chi connectivity index (χ3n) is 3.19. The van der Waals surface area contributed by atoms with E-state index < -0.39 is 0 Å². The van der Waals surface area contributed by atoms with Gasteiger partial charge >= 0.3 is 0 Å². The van der Waals surface area contributed by atoms with Crippen molar-refractivity contribution in [2.45, 2.75) is 6.54 Å². The van der Waals surface area contributed by atoms with Crippen LogP contribution in [0.25, 0.3) is 0 Å². The van der Waals surface area contributed by atoms with Crippen molar-refractivity contribution >= 4 is 0 Å². The highest BCUT2D eigenvalue weighted by molar-refractivity contribution is 5.01. The highest BCUT2D eigenvalue weighted by Gasteiger charge is 2.15. The molecular formula is C12H23N4+3. The first-order valence-electron chi connectivity index (χ1n) is 6.32. The van der Waals surface area contributed by atoms with Crippen molar-refractivity contribution in [1.82, 2.24) is 4.98 Å². The lowest BCUT2D eigenvalue weighted by Gasteiger charge is -2.21. The molecule has 1 aliphatic heterocycles. The fourth-order valence-corrected chi connectivity index (χ4v) is 2.21. The molecule has 0 aromatic carbocycles. The third kappa shape index (κ3) is 3.89. The second kappa shape index (κ2) is 6.58. The van der Waals surface area contributed by atoms with Crippen LogP contribution in [0.3, 0.4) is 0 Å². The number of hydrogen-bond acceptors (Lipinski definition) is 1. The van der Waals surface area contributed by atoms with Crippen molar-refractivity contribution in [3.05, 3.63) is 30.1 Å². The number of nitrogens with zero attached hydrogens (tertiary/aromatic N) is 1. The number of pyridine rings is 1. The summed E-state index contributed by atoms with van der Waals surface area (Å²) in [6.45, 7) is 8.78. The van der Waals surface area contributed by atoms with Crippen LogP contribution in [0.5, 0.6) is 0 Å². The molecule has 4 nitrogen and oxygen atoms in total. The predicted molar refractivity (Wildman–Crippen MR) is 62.0 cm³/mol. The zero-order valence-corrected chi connectivity index (χ0v) is 9.86. The molecule has 0 unspecified atom stereocenters. The number of hydrogen-bond donors (Lipinski definition) is 3. The van der Waals surface area contributed by atoms with Crippen LogP contribution in [0.4, 0.5) is 0 Å². The second-order valence-electron chi connectivity index (χ2n) is 4.47. The minimum absolute atomic E-state index is 1.01. The summed E-state index contributed by atoms with van der Waals surface area (Å²) >= 11 is 0. The molecule has 16 heavy (non-hydrogen) atoms. The molecule has 0 atom stereocenters. The first-order chi connectivity index (χ1) is 7.95. The van der Waals surface area contributed by atoms with E-state index >= 15 is 0 Å². The van der Waals surface area contributed by atoms with Gasteiger partial charge in [0.1, 0.15) is 45.8 Å². The van der Waals surface area contributed by atoms with Gasteiger partial charge in [0.15, 0.2) is 0 Å². The Morgan fingerprint density at radius 2 is 2.19 bits per heavy atom. The fraction of sp³-hybridized carbons (Fsp3) is 0.583. The van der Waals surface area contributed by atoms with Crippen molar-refractivity contribution in [3.8, 4) is 0 Å². The Labute approximate surface area is 97.1 Å². The van der Waals surface area contributed by atoms with E-state index in [1.807, 2.05) is 12.3 Å². The molecule has 2 rings (SSSR count). The number of piperazine rings is 1. The number of aromatic nitrogens is 1. The van der Waals surface area contributed by atoms with E-state index in [1.54, 1.807) is 4.90 Å². The molecule has 0 amide bonds. The lowest BCUT2D eigenvalue weighted by Crippen LogP contribution is -3.21. The molecule has 0 radical (unpaired) electrons. The molecule has 5 N–H and O–H groups in total. The van der Waals surface area contributed by atoms with E-state index in [0.717, 1.165) is 6.54 Å². The van der Waals surface area contributed by atoms with Gasteiger partial charge < -0.3 is 15.5 Å². The van der Waals surface area contributed by atoms with Crippen molar-refractivity contribution in [1.29, 1.82) is 0 Å². The Hall–Kier alpha value is -0.970. The Kier molecular flexibility index (Phi) is 4.73. The highest BCUT2D eigenvalue weighted by Crippen LogP contribution is 1.88. The van der Waals surface area contributed by atoms with Crippen LogP contribution < -0.4 is 15.5 Å². The van der Waals surface area contributed by atoms with Gasteiger partial charge in [-0.2, -0.15) is 0 Å². The minimum Gasteiger partial charge on any atom is -0.337 e. The molecule has 0 saturated carbocycles. The summed E-state index contributed by atoms with van der Waals surface area (Å²) in [6, 6.07) is 6.12. The maximum absolute atomic E-state index is 4.32. The maximum atomic E-state index is 4.32. The normalized spacial score (nSPS) is 17.5. The molecule has 1 aromatic rings. The van der Waals surface area contributed by atoms with Crippen molar-refractivity contribution in [2.24, 2.45) is 0 Å². The summed E-state index contributed by atoms with van der Waals surface area (Å²) in [4.78, 5) is 6.08. The van der Waals surface area contributed by atoms with E-state index in [2.05, 4.69) is 27.8 Å². The molecule has 0 bridgehead atoms. The quantitative estimate of drug-likeness (QED) is 0.448. The van der Waals surface area contributed by atoms with E-state index in [-0.39, 0.29) is 0 Å². The number of nitrogens with two attached hydrogens (primary N) is 2. The van der Waals surface area contributed by atoms with Crippen LogP contribution in [0, 0.1) is 0 Å². The first-order valence-corrected chi connectivity index (χ1v) is 6.32. The van der Waals surface area contributed by atoms with Gasteiger partial charge in [0.2, 0.25) is 0 Å². The summed E-state index contributed by atoms with van der Waals surface area (Å²) in [5.41, 5.74) is 1.18. The second-order valence-corrected chi connectivity index (χ2v) is 4.47. The molecule has 0 aliphatic carbocycles. The predicted octanol–water partition coefficient (Wildman–Crippen LogP) is -3.39.